The van der Waals surface area contributed by atoms with E-state index in [4.69, 9.17) is 11.3 Å². The zero-order valence-corrected chi connectivity index (χ0v) is 18.6. The van der Waals surface area contributed by atoms with Crippen molar-refractivity contribution in [3.05, 3.63) is 120 Å². The fraction of sp³-hybridized carbons (Fsp3) is 0.310. The first-order valence-electron chi connectivity index (χ1n) is 11.2. The third-order valence-corrected chi connectivity index (χ3v) is 6.42. The van der Waals surface area contributed by atoms with Gasteiger partial charge in [-0.2, -0.15) is 0 Å². The second-order valence-corrected chi connectivity index (χ2v) is 8.36. The molecule has 1 saturated carbocycles. The summed E-state index contributed by atoms with van der Waals surface area (Å²) in [5, 5.41) is 0. The molecule has 1 fully saturated rings. The van der Waals surface area contributed by atoms with Crippen LogP contribution in [-0.2, 0) is 10.3 Å². The van der Waals surface area contributed by atoms with Gasteiger partial charge in [-0.1, -0.05) is 117 Å². The Morgan fingerprint density at radius 3 is 1.58 bits per heavy atom. The minimum absolute atomic E-state index is 0. The number of benzene rings is 3. The molecule has 154 valence electrons. The van der Waals surface area contributed by atoms with Crippen molar-refractivity contribution in [2.75, 3.05) is 0 Å². The maximum Gasteiger partial charge on any atom is 1.00 e. The Kier molecular flexibility index (Phi) is 8.79. The van der Waals surface area contributed by atoms with Crippen molar-refractivity contribution in [1.29, 1.82) is 0 Å². The second-order valence-electron chi connectivity index (χ2n) is 8.36. The summed E-state index contributed by atoms with van der Waals surface area (Å²) < 4.78 is 7.02. The molecule has 1 nitrogen and oxygen atoms in total. The first-order valence-corrected chi connectivity index (χ1v) is 11.2. The molecule has 0 N–H and O–H groups in total. The van der Waals surface area contributed by atoms with Crippen LogP contribution in [0.2, 0.25) is 0 Å². The molecule has 1 atom stereocenters. The molecule has 31 heavy (non-hydrogen) atoms. The molecule has 3 aromatic rings. The molecule has 0 amide bonds. The molecule has 0 aromatic heterocycles. The molecule has 0 spiro atoms. The fourth-order valence-corrected chi connectivity index (χ4v) is 4.84. The van der Waals surface area contributed by atoms with Gasteiger partial charge in [-0.15, -0.1) is 0 Å². The largest absolute Gasteiger partial charge is 1.00 e. The average molecular weight is 403 g/mol. The molecule has 1 unspecified atom stereocenters. The molecule has 1 aliphatic rings. The predicted octanol–water partition coefficient (Wildman–Crippen LogP) is 4.33. The van der Waals surface area contributed by atoms with E-state index < -0.39 is 5.60 Å². The molecule has 0 saturated heterocycles. The van der Waals surface area contributed by atoms with E-state index in [0.29, 0.717) is 0 Å². The fourth-order valence-electron chi connectivity index (χ4n) is 4.84. The third-order valence-electron chi connectivity index (χ3n) is 6.42. The zero-order chi connectivity index (χ0) is 20.7. The van der Waals surface area contributed by atoms with Gasteiger partial charge in [0, 0.05) is 6.10 Å². The summed E-state index contributed by atoms with van der Waals surface area (Å²) in [6, 6.07) is 31.6. The Morgan fingerprint density at radius 2 is 1.19 bits per heavy atom. The Morgan fingerprint density at radius 1 is 0.774 bits per heavy atom. The zero-order valence-electron chi connectivity index (χ0n) is 18.6. The first kappa shape index (κ1) is 23.6. The van der Waals surface area contributed by atoms with E-state index in [1.165, 1.54) is 32.1 Å². The van der Waals surface area contributed by atoms with Crippen LogP contribution in [0.3, 0.4) is 0 Å². The van der Waals surface area contributed by atoms with Crippen LogP contribution in [0.15, 0.2) is 97.1 Å². The van der Waals surface area contributed by atoms with E-state index >= 15 is 0 Å². The number of hydrogen-bond acceptors (Lipinski definition) is 1. The molecule has 0 aliphatic heterocycles. The van der Waals surface area contributed by atoms with E-state index in [1.54, 1.807) is 6.08 Å². The van der Waals surface area contributed by atoms with Crippen molar-refractivity contribution in [3.8, 4) is 0 Å². The van der Waals surface area contributed by atoms with Crippen molar-refractivity contribution < 1.29 is 23.6 Å². The smallest absolute Gasteiger partial charge is 0.515 e. The van der Waals surface area contributed by atoms with Crippen LogP contribution in [0.25, 0.3) is 0 Å². The van der Waals surface area contributed by atoms with Crippen molar-refractivity contribution in [3.63, 3.8) is 0 Å². The Hall–Kier alpha value is -2.04. The number of hydrogen-bond donors (Lipinski definition) is 0. The quantitative estimate of drug-likeness (QED) is 0.294. The monoisotopic (exact) mass is 402 g/mol. The summed E-state index contributed by atoms with van der Waals surface area (Å²) >= 11 is 0. The molecule has 1 aliphatic carbocycles. The van der Waals surface area contributed by atoms with Gasteiger partial charge < -0.3 is 11.3 Å². The predicted molar refractivity (Wildman–Crippen MR) is 124 cm³/mol. The first-order chi connectivity index (χ1) is 14.8. The van der Waals surface area contributed by atoms with Gasteiger partial charge >= 0.3 is 18.9 Å². The number of ether oxygens (including phenoxy) is 1. The summed E-state index contributed by atoms with van der Waals surface area (Å²) in [4.78, 5) is 0. The maximum atomic E-state index is 7.02. The Bertz CT molecular complexity index is 805. The normalized spacial score (nSPS) is 15.2. The van der Waals surface area contributed by atoms with Gasteiger partial charge in [-0.05, 0) is 35.4 Å². The Labute approximate surface area is 199 Å². The van der Waals surface area contributed by atoms with Crippen LogP contribution in [0.1, 0.15) is 55.2 Å². The van der Waals surface area contributed by atoms with Gasteiger partial charge in [0.05, 0.1) is 0 Å². The topological polar surface area (TPSA) is 9.23 Å². The van der Waals surface area contributed by atoms with Gasteiger partial charge in [0.1, 0.15) is 5.60 Å². The van der Waals surface area contributed by atoms with Crippen LogP contribution in [0.4, 0.5) is 0 Å². The van der Waals surface area contributed by atoms with Gasteiger partial charge in [0.15, 0.2) is 0 Å². The van der Waals surface area contributed by atoms with Crippen LogP contribution in [0, 0.1) is 12.5 Å². The Balaban J connectivity index is 0.00000272. The van der Waals surface area contributed by atoms with E-state index in [-0.39, 0.29) is 25.0 Å². The van der Waals surface area contributed by atoms with Crippen molar-refractivity contribution in [2.45, 2.75) is 50.2 Å². The summed E-state index contributed by atoms with van der Waals surface area (Å²) in [5.74, 6) is 0.815. The minimum Gasteiger partial charge on any atom is -0.515 e. The van der Waals surface area contributed by atoms with Gasteiger partial charge in [0.25, 0.3) is 0 Å². The molecule has 0 radical (unpaired) electrons. The molecule has 3 aromatic carbocycles. The van der Waals surface area contributed by atoms with E-state index in [0.717, 1.165) is 29.0 Å². The van der Waals surface area contributed by atoms with Gasteiger partial charge in [0.2, 0.25) is 0 Å². The van der Waals surface area contributed by atoms with Crippen LogP contribution in [0.5, 0.6) is 0 Å². The van der Waals surface area contributed by atoms with Crippen molar-refractivity contribution in [1.82, 2.24) is 0 Å². The SMILES string of the molecule is [CH-]=CC(CCC1CCCC1)OC(c1ccccc1)(c1ccccc1)c1ccccc1.[Li+]. The van der Waals surface area contributed by atoms with Crippen molar-refractivity contribution >= 4 is 0 Å². The molecule has 4 rings (SSSR count). The third kappa shape index (κ3) is 5.42. The number of rotatable bonds is 9. The minimum atomic E-state index is -0.708. The molecular formula is C29H31LiO. The molecule has 0 bridgehead atoms. The summed E-state index contributed by atoms with van der Waals surface area (Å²) in [6.07, 6.45) is 9.18. The van der Waals surface area contributed by atoms with E-state index in [2.05, 4.69) is 91.0 Å². The second kappa shape index (κ2) is 11.5. The van der Waals surface area contributed by atoms with Crippen LogP contribution < -0.4 is 18.9 Å². The van der Waals surface area contributed by atoms with Gasteiger partial charge in [-0.25, -0.2) is 6.08 Å². The van der Waals surface area contributed by atoms with Crippen LogP contribution in [-0.4, -0.2) is 6.10 Å². The van der Waals surface area contributed by atoms with Crippen molar-refractivity contribution in [2.24, 2.45) is 5.92 Å². The summed E-state index contributed by atoms with van der Waals surface area (Å²) in [6.45, 7) is 6.15. The molecule has 0 heterocycles. The van der Waals surface area contributed by atoms with E-state index in [9.17, 15) is 0 Å². The molecule has 2 heteroatoms. The van der Waals surface area contributed by atoms with Gasteiger partial charge in [-0.3, -0.25) is 0 Å². The molecular weight excluding hydrogens is 371 g/mol. The summed E-state index contributed by atoms with van der Waals surface area (Å²) in [5.41, 5.74) is 2.65. The summed E-state index contributed by atoms with van der Waals surface area (Å²) in [7, 11) is 0. The standard InChI is InChI=1S/C29H31O.Li/c1-2-28(23-22-24-14-12-13-15-24)30-29(25-16-6-3-7-17-25,26-18-8-4-9-19-26)27-20-10-5-11-21-27;/h1-11,16-21,24,28H,12-15,22-23H2;/q-1;+1. The maximum absolute atomic E-state index is 7.02. The van der Waals surface area contributed by atoms with Crippen LogP contribution >= 0.6 is 0 Å². The average Bonchev–Trinajstić information content (AvgIpc) is 3.35. The van der Waals surface area contributed by atoms with E-state index in [1.807, 2.05) is 0 Å².